The number of nitrogens with one attached hydrogen (secondary N) is 1. The smallest absolute Gasteiger partial charge is 0.161 e. The number of pyridine rings is 1. The quantitative estimate of drug-likeness (QED) is 0.824. The third-order valence-corrected chi connectivity index (χ3v) is 4.66. The number of hydrogen-bond acceptors (Lipinski definition) is 5. The highest BCUT2D eigenvalue weighted by Gasteiger charge is 2.17. The molecule has 1 fully saturated rings. The molecule has 3 rings (SSSR count). The number of aryl methyl sites for hydroxylation is 1. The largest absolute Gasteiger partial charge is 0.370 e. The van der Waals surface area contributed by atoms with Crippen molar-refractivity contribution in [2.75, 3.05) is 25.0 Å². The molecule has 0 spiro atoms. The normalized spacial score (nSPS) is 18.5. The number of piperidine rings is 1. The van der Waals surface area contributed by atoms with E-state index in [0.29, 0.717) is 0 Å². The Morgan fingerprint density at radius 3 is 2.83 bits per heavy atom. The van der Waals surface area contributed by atoms with Gasteiger partial charge in [-0.05, 0) is 51.8 Å². The van der Waals surface area contributed by atoms with Crippen LogP contribution in [-0.4, -0.2) is 45.5 Å². The maximum absolute atomic E-state index is 4.64. The van der Waals surface area contributed by atoms with Gasteiger partial charge in [0, 0.05) is 48.8 Å². The number of aromatic nitrogens is 3. The van der Waals surface area contributed by atoms with Gasteiger partial charge >= 0.3 is 0 Å². The number of anilines is 1. The average molecular weight is 325 g/mol. The monoisotopic (exact) mass is 325 g/mol. The Morgan fingerprint density at radius 2 is 2.04 bits per heavy atom. The highest BCUT2D eigenvalue weighted by atomic mass is 15.2. The first-order valence-corrected chi connectivity index (χ1v) is 8.96. The van der Waals surface area contributed by atoms with Gasteiger partial charge in [-0.25, -0.2) is 9.97 Å². The second-order valence-electron chi connectivity index (χ2n) is 6.62. The van der Waals surface area contributed by atoms with E-state index in [1.807, 2.05) is 25.1 Å². The van der Waals surface area contributed by atoms with Crippen LogP contribution in [0.4, 0.5) is 5.82 Å². The molecule has 0 amide bonds. The van der Waals surface area contributed by atoms with Gasteiger partial charge in [0.05, 0.1) is 0 Å². The molecule has 2 aromatic heterocycles. The maximum Gasteiger partial charge on any atom is 0.161 e. The molecule has 1 unspecified atom stereocenters. The number of rotatable bonds is 6. The summed E-state index contributed by atoms with van der Waals surface area (Å²) in [7, 11) is 0. The van der Waals surface area contributed by atoms with E-state index in [0.717, 1.165) is 48.5 Å². The lowest BCUT2D eigenvalue weighted by atomic mass is 10.0. The molecule has 1 aliphatic heterocycles. The van der Waals surface area contributed by atoms with E-state index in [1.54, 1.807) is 12.4 Å². The zero-order chi connectivity index (χ0) is 16.8. The summed E-state index contributed by atoms with van der Waals surface area (Å²) in [6.45, 7) is 7.71. The summed E-state index contributed by atoms with van der Waals surface area (Å²) < 4.78 is 0. The summed E-state index contributed by atoms with van der Waals surface area (Å²) in [5.41, 5.74) is 1.97. The molecule has 2 aromatic rings. The molecule has 1 saturated heterocycles. The second kappa shape index (κ2) is 8.20. The molecule has 0 aliphatic carbocycles. The van der Waals surface area contributed by atoms with Gasteiger partial charge in [-0.3, -0.25) is 4.98 Å². The van der Waals surface area contributed by atoms with Crippen LogP contribution in [0.15, 0.2) is 30.6 Å². The van der Waals surface area contributed by atoms with E-state index in [-0.39, 0.29) is 0 Å². The van der Waals surface area contributed by atoms with Crippen molar-refractivity contribution in [3.05, 3.63) is 36.3 Å². The Hall–Kier alpha value is -2.01. The number of likely N-dealkylation sites (tertiary alicyclic amines) is 1. The Morgan fingerprint density at radius 1 is 1.21 bits per heavy atom. The molecule has 1 aliphatic rings. The van der Waals surface area contributed by atoms with Crippen molar-refractivity contribution >= 4 is 5.82 Å². The molecule has 128 valence electrons. The van der Waals surface area contributed by atoms with Gasteiger partial charge in [0.2, 0.25) is 0 Å². The molecule has 0 bridgehead atoms. The minimum absolute atomic E-state index is 0.735. The molecule has 5 heteroatoms. The molecule has 3 heterocycles. The van der Waals surface area contributed by atoms with Crippen molar-refractivity contribution in [1.29, 1.82) is 0 Å². The zero-order valence-corrected chi connectivity index (χ0v) is 14.7. The van der Waals surface area contributed by atoms with Crippen LogP contribution >= 0.6 is 0 Å². The van der Waals surface area contributed by atoms with Gasteiger partial charge in [0.25, 0.3) is 0 Å². The Bertz CT molecular complexity index is 643. The average Bonchev–Trinajstić information content (AvgIpc) is 2.60. The van der Waals surface area contributed by atoms with Crippen LogP contribution in [0, 0.1) is 6.92 Å². The highest BCUT2D eigenvalue weighted by molar-refractivity contribution is 5.56. The van der Waals surface area contributed by atoms with Gasteiger partial charge in [0.15, 0.2) is 5.82 Å². The molecule has 0 radical (unpaired) electrons. The van der Waals surface area contributed by atoms with Crippen molar-refractivity contribution in [2.45, 2.75) is 45.6 Å². The zero-order valence-electron chi connectivity index (χ0n) is 14.7. The fourth-order valence-corrected chi connectivity index (χ4v) is 3.28. The molecule has 24 heavy (non-hydrogen) atoms. The van der Waals surface area contributed by atoms with Crippen LogP contribution in [0.1, 0.15) is 38.3 Å². The van der Waals surface area contributed by atoms with Crippen molar-refractivity contribution < 1.29 is 0 Å². The Labute approximate surface area is 144 Å². The van der Waals surface area contributed by atoms with Gasteiger partial charge in [0.1, 0.15) is 5.82 Å². The van der Waals surface area contributed by atoms with Crippen LogP contribution in [0.25, 0.3) is 11.4 Å². The van der Waals surface area contributed by atoms with Crippen LogP contribution in [0.5, 0.6) is 0 Å². The van der Waals surface area contributed by atoms with Gasteiger partial charge < -0.3 is 10.2 Å². The van der Waals surface area contributed by atoms with E-state index >= 15 is 0 Å². The van der Waals surface area contributed by atoms with E-state index in [1.165, 1.54) is 25.8 Å². The van der Waals surface area contributed by atoms with Crippen molar-refractivity contribution in [2.24, 2.45) is 0 Å². The minimum Gasteiger partial charge on any atom is -0.370 e. The van der Waals surface area contributed by atoms with E-state index in [2.05, 4.69) is 32.1 Å². The second-order valence-corrected chi connectivity index (χ2v) is 6.62. The van der Waals surface area contributed by atoms with Gasteiger partial charge in [-0.15, -0.1) is 0 Å². The minimum atomic E-state index is 0.735. The lowest BCUT2D eigenvalue weighted by Gasteiger charge is -2.33. The first kappa shape index (κ1) is 16.8. The topological polar surface area (TPSA) is 53.9 Å². The molecule has 1 N–H and O–H groups in total. The van der Waals surface area contributed by atoms with Crippen LogP contribution in [0.3, 0.4) is 0 Å². The first-order valence-electron chi connectivity index (χ1n) is 8.96. The van der Waals surface area contributed by atoms with Crippen molar-refractivity contribution in [3.63, 3.8) is 0 Å². The van der Waals surface area contributed by atoms with Crippen molar-refractivity contribution in [1.82, 2.24) is 19.9 Å². The van der Waals surface area contributed by atoms with E-state index < -0.39 is 0 Å². The third-order valence-electron chi connectivity index (χ3n) is 4.66. The summed E-state index contributed by atoms with van der Waals surface area (Å²) in [5.74, 6) is 1.66. The summed E-state index contributed by atoms with van der Waals surface area (Å²) >= 11 is 0. The summed E-state index contributed by atoms with van der Waals surface area (Å²) in [5, 5.41) is 3.46. The van der Waals surface area contributed by atoms with E-state index in [9.17, 15) is 0 Å². The Balaban J connectivity index is 1.54. The van der Waals surface area contributed by atoms with Crippen LogP contribution < -0.4 is 5.32 Å². The van der Waals surface area contributed by atoms with Crippen LogP contribution in [-0.2, 0) is 0 Å². The van der Waals surface area contributed by atoms with Gasteiger partial charge in [-0.1, -0.05) is 6.42 Å². The third kappa shape index (κ3) is 4.51. The van der Waals surface area contributed by atoms with Crippen LogP contribution in [0.2, 0.25) is 0 Å². The lowest BCUT2D eigenvalue weighted by Crippen LogP contribution is -2.38. The SMILES string of the molecule is Cc1cc(NCCCN2CCCCC2C)nc(-c2ccncc2)n1. The highest BCUT2D eigenvalue weighted by Crippen LogP contribution is 2.18. The number of hydrogen-bond donors (Lipinski definition) is 1. The Kier molecular flexibility index (Phi) is 5.75. The fraction of sp³-hybridized carbons (Fsp3) is 0.526. The predicted molar refractivity (Wildman–Crippen MR) is 98.0 cm³/mol. The van der Waals surface area contributed by atoms with Crippen molar-refractivity contribution in [3.8, 4) is 11.4 Å². The van der Waals surface area contributed by atoms with E-state index in [4.69, 9.17) is 0 Å². The molecule has 0 saturated carbocycles. The maximum atomic E-state index is 4.64. The lowest BCUT2D eigenvalue weighted by molar-refractivity contribution is 0.160. The first-order chi connectivity index (χ1) is 11.7. The fourth-order valence-electron chi connectivity index (χ4n) is 3.28. The number of nitrogens with zero attached hydrogens (tertiary/aromatic N) is 4. The molecule has 1 atom stereocenters. The predicted octanol–water partition coefficient (Wildman–Crippen LogP) is 3.52. The molecular weight excluding hydrogens is 298 g/mol. The standard InChI is InChI=1S/C19H27N5/c1-15-14-18(23-19(22-15)17-7-10-20-11-8-17)21-9-5-13-24-12-4-3-6-16(24)2/h7-8,10-11,14,16H,3-6,9,12-13H2,1-2H3,(H,21,22,23). The summed E-state index contributed by atoms with van der Waals surface area (Å²) in [6, 6.07) is 6.62. The summed E-state index contributed by atoms with van der Waals surface area (Å²) in [6.07, 6.45) is 8.75. The van der Waals surface area contributed by atoms with Gasteiger partial charge in [-0.2, -0.15) is 0 Å². The molecular formula is C19H27N5. The summed E-state index contributed by atoms with van der Waals surface area (Å²) in [4.78, 5) is 15.8. The molecule has 0 aromatic carbocycles. The molecule has 5 nitrogen and oxygen atoms in total.